The highest BCUT2D eigenvalue weighted by atomic mass is 16.4. The van der Waals surface area contributed by atoms with Gasteiger partial charge in [-0.3, -0.25) is 9.59 Å². The second-order valence-electron chi connectivity index (χ2n) is 3.20. The summed E-state index contributed by atoms with van der Waals surface area (Å²) in [6, 6.07) is 9.84. The highest BCUT2D eigenvalue weighted by Gasteiger charge is 1.94. The molecule has 0 saturated heterocycles. The first kappa shape index (κ1) is 14.2. The van der Waals surface area contributed by atoms with Crippen LogP contribution < -0.4 is 5.73 Å². The molecule has 16 heavy (non-hydrogen) atoms. The zero-order chi connectivity index (χ0) is 12.4. The number of aryl methyl sites for hydroxylation is 1. The third-order valence-corrected chi connectivity index (χ3v) is 1.81. The number of primary amides is 1. The molecular weight excluding hydrogens is 206 g/mol. The molecule has 0 fully saturated rings. The lowest BCUT2D eigenvalue weighted by molar-refractivity contribution is -0.136. The molecule has 4 nitrogen and oxygen atoms in total. The zero-order valence-electron chi connectivity index (χ0n) is 9.35. The summed E-state index contributed by atoms with van der Waals surface area (Å²) >= 11 is 0. The Balaban J connectivity index is 0.000000385. The summed E-state index contributed by atoms with van der Waals surface area (Å²) < 4.78 is 0. The van der Waals surface area contributed by atoms with Gasteiger partial charge in [0, 0.05) is 12.8 Å². The molecule has 1 aromatic carbocycles. The maximum atomic E-state index is 10.4. The van der Waals surface area contributed by atoms with Crippen LogP contribution in [0.15, 0.2) is 30.3 Å². The van der Waals surface area contributed by atoms with Crippen LogP contribution in [0.2, 0.25) is 0 Å². The number of nitrogens with two attached hydrogens (primary N) is 1. The van der Waals surface area contributed by atoms with Gasteiger partial charge in [-0.1, -0.05) is 37.3 Å². The van der Waals surface area contributed by atoms with E-state index in [0.717, 1.165) is 12.0 Å². The van der Waals surface area contributed by atoms with Crippen molar-refractivity contribution < 1.29 is 14.7 Å². The number of carbonyl (C=O) groups excluding carboxylic acids is 1. The fraction of sp³-hybridized carbons (Fsp3) is 0.333. The van der Waals surface area contributed by atoms with E-state index in [1.807, 2.05) is 30.3 Å². The molecule has 4 heteroatoms. The number of benzene rings is 1. The third kappa shape index (κ3) is 8.74. The maximum Gasteiger partial charge on any atom is 0.303 e. The smallest absolute Gasteiger partial charge is 0.303 e. The van der Waals surface area contributed by atoms with Crippen LogP contribution in [0.3, 0.4) is 0 Å². The second-order valence-corrected chi connectivity index (χ2v) is 3.20. The summed E-state index contributed by atoms with van der Waals surface area (Å²) in [7, 11) is 0. The van der Waals surface area contributed by atoms with Crippen molar-refractivity contribution in [1.29, 1.82) is 0 Å². The standard InChI is InChI=1S/C9H11NO.C3H6O2/c10-9(11)7-6-8-4-2-1-3-5-8;1-2-3(4)5/h1-5H,6-7H2,(H2,10,11);2H2,1H3,(H,4,5). The van der Waals surface area contributed by atoms with Gasteiger partial charge in [0.25, 0.3) is 0 Å². The van der Waals surface area contributed by atoms with Crippen molar-refractivity contribution in [2.45, 2.75) is 26.2 Å². The summed E-state index contributed by atoms with van der Waals surface area (Å²) in [4.78, 5) is 19.8. The van der Waals surface area contributed by atoms with E-state index in [1.54, 1.807) is 6.92 Å². The highest BCUT2D eigenvalue weighted by molar-refractivity contribution is 5.73. The van der Waals surface area contributed by atoms with Gasteiger partial charge < -0.3 is 10.8 Å². The van der Waals surface area contributed by atoms with Gasteiger partial charge in [0.05, 0.1) is 0 Å². The van der Waals surface area contributed by atoms with Crippen LogP contribution in [0.4, 0.5) is 0 Å². The molecule has 88 valence electrons. The lowest BCUT2D eigenvalue weighted by Gasteiger charge is -1.96. The SMILES string of the molecule is CCC(=O)O.NC(=O)CCc1ccccc1. The Hall–Kier alpha value is -1.84. The average molecular weight is 223 g/mol. The van der Waals surface area contributed by atoms with Crippen molar-refractivity contribution in [3.8, 4) is 0 Å². The third-order valence-electron chi connectivity index (χ3n) is 1.81. The number of hydrogen-bond acceptors (Lipinski definition) is 2. The van der Waals surface area contributed by atoms with Crippen LogP contribution in [0.25, 0.3) is 0 Å². The lowest BCUT2D eigenvalue weighted by atomic mass is 10.1. The van der Waals surface area contributed by atoms with Crippen LogP contribution in [0.5, 0.6) is 0 Å². The van der Waals surface area contributed by atoms with Crippen molar-refractivity contribution in [3.63, 3.8) is 0 Å². The molecule has 1 rings (SSSR count). The normalized spacial score (nSPS) is 8.81. The van der Waals surface area contributed by atoms with Crippen molar-refractivity contribution in [2.24, 2.45) is 5.73 Å². The van der Waals surface area contributed by atoms with Crippen molar-refractivity contribution in [2.75, 3.05) is 0 Å². The number of hydrogen-bond donors (Lipinski definition) is 2. The van der Waals surface area contributed by atoms with E-state index in [4.69, 9.17) is 10.8 Å². The van der Waals surface area contributed by atoms with Crippen molar-refractivity contribution in [1.82, 2.24) is 0 Å². The Labute approximate surface area is 95.1 Å². The van der Waals surface area contributed by atoms with Gasteiger partial charge in [0.2, 0.25) is 5.91 Å². The molecule has 1 aromatic rings. The molecule has 0 radical (unpaired) electrons. The molecule has 3 N–H and O–H groups in total. The predicted octanol–water partition coefficient (Wildman–Crippen LogP) is 1.59. The fourth-order valence-electron chi connectivity index (χ4n) is 0.912. The number of aliphatic carboxylic acids is 1. The molecule has 0 spiro atoms. The Kier molecular flexibility index (Phi) is 7.49. The van der Waals surface area contributed by atoms with E-state index in [-0.39, 0.29) is 12.3 Å². The minimum atomic E-state index is -0.745. The largest absolute Gasteiger partial charge is 0.481 e. The number of carboxylic acid groups (broad SMARTS) is 1. The Bertz CT molecular complexity index is 322. The van der Waals surface area contributed by atoms with Gasteiger partial charge in [0.1, 0.15) is 0 Å². The molecule has 0 aliphatic rings. The Morgan fingerprint density at radius 1 is 1.25 bits per heavy atom. The van der Waals surface area contributed by atoms with E-state index < -0.39 is 5.97 Å². The van der Waals surface area contributed by atoms with E-state index in [9.17, 15) is 9.59 Å². The summed E-state index contributed by atoms with van der Waals surface area (Å²) in [5.74, 6) is -0.987. The number of rotatable bonds is 4. The van der Waals surface area contributed by atoms with Gasteiger partial charge in [-0.05, 0) is 12.0 Å². The van der Waals surface area contributed by atoms with E-state index in [2.05, 4.69) is 0 Å². The van der Waals surface area contributed by atoms with Gasteiger partial charge in [0.15, 0.2) is 0 Å². The molecule has 0 atom stereocenters. The summed E-state index contributed by atoms with van der Waals surface area (Å²) in [6.07, 6.45) is 1.40. The number of carbonyl (C=O) groups is 2. The minimum Gasteiger partial charge on any atom is -0.481 e. The highest BCUT2D eigenvalue weighted by Crippen LogP contribution is 2.00. The molecule has 0 heterocycles. The Morgan fingerprint density at radius 3 is 2.12 bits per heavy atom. The predicted molar refractivity (Wildman–Crippen MR) is 61.9 cm³/mol. The quantitative estimate of drug-likeness (QED) is 0.813. The van der Waals surface area contributed by atoms with E-state index >= 15 is 0 Å². The summed E-state index contributed by atoms with van der Waals surface area (Å²) in [5, 5.41) is 7.72. The number of carboxylic acids is 1. The molecule has 0 aliphatic carbocycles. The van der Waals surface area contributed by atoms with E-state index in [1.165, 1.54) is 0 Å². The average Bonchev–Trinajstić information content (AvgIpc) is 2.28. The first-order valence-electron chi connectivity index (χ1n) is 5.10. The first-order chi connectivity index (χ1) is 7.56. The topological polar surface area (TPSA) is 80.4 Å². The molecule has 1 amide bonds. The molecule has 0 saturated carbocycles. The van der Waals surface area contributed by atoms with Crippen LogP contribution in [0, 0.1) is 0 Å². The molecule has 0 bridgehead atoms. The van der Waals surface area contributed by atoms with Gasteiger partial charge in [-0.15, -0.1) is 0 Å². The molecule has 0 aromatic heterocycles. The maximum absolute atomic E-state index is 10.4. The zero-order valence-corrected chi connectivity index (χ0v) is 9.35. The minimum absolute atomic E-state index is 0.222. The van der Waals surface area contributed by atoms with Crippen LogP contribution >= 0.6 is 0 Å². The second kappa shape index (κ2) is 8.47. The lowest BCUT2D eigenvalue weighted by Crippen LogP contribution is -2.10. The number of amides is 1. The summed E-state index contributed by atoms with van der Waals surface area (Å²) in [6.45, 7) is 1.60. The molecule has 0 aliphatic heterocycles. The van der Waals surface area contributed by atoms with E-state index in [0.29, 0.717) is 6.42 Å². The monoisotopic (exact) mass is 223 g/mol. The van der Waals surface area contributed by atoms with Gasteiger partial charge in [-0.25, -0.2) is 0 Å². The first-order valence-corrected chi connectivity index (χ1v) is 5.10. The van der Waals surface area contributed by atoms with Crippen LogP contribution in [0.1, 0.15) is 25.3 Å². The van der Waals surface area contributed by atoms with Crippen LogP contribution in [-0.4, -0.2) is 17.0 Å². The van der Waals surface area contributed by atoms with Gasteiger partial charge >= 0.3 is 5.97 Å². The Morgan fingerprint density at radius 2 is 1.75 bits per heavy atom. The molecule has 0 unspecified atom stereocenters. The van der Waals surface area contributed by atoms with Crippen molar-refractivity contribution in [3.05, 3.63) is 35.9 Å². The van der Waals surface area contributed by atoms with Crippen LogP contribution in [-0.2, 0) is 16.0 Å². The summed E-state index contributed by atoms with van der Waals surface area (Å²) in [5.41, 5.74) is 6.16. The molecular formula is C12H17NO3. The van der Waals surface area contributed by atoms with Gasteiger partial charge in [-0.2, -0.15) is 0 Å². The van der Waals surface area contributed by atoms with Crippen molar-refractivity contribution >= 4 is 11.9 Å². The fourth-order valence-corrected chi connectivity index (χ4v) is 0.912.